The van der Waals surface area contributed by atoms with Gasteiger partial charge in [-0.3, -0.25) is 0 Å². The fraction of sp³-hybridized carbons (Fsp3) is 0.667. The zero-order valence-electron chi connectivity index (χ0n) is 20.5. The van der Waals surface area contributed by atoms with E-state index in [0.717, 1.165) is 12.8 Å². The molecule has 0 bridgehead atoms. The summed E-state index contributed by atoms with van der Waals surface area (Å²) in [5.74, 6) is 0. The molecule has 28 heavy (non-hydrogen) atoms. The Morgan fingerprint density at radius 2 is 0.964 bits per heavy atom. The maximum absolute atomic E-state index is 7.23. The van der Waals surface area contributed by atoms with Crippen LogP contribution in [0.3, 0.4) is 0 Å². The Hall–Kier alpha value is -0.429. The average Bonchev–Trinajstić information content (AvgIpc) is 3.10. The van der Waals surface area contributed by atoms with Gasteiger partial charge in [-0.2, -0.15) is 0 Å². The van der Waals surface area contributed by atoms with E-state index < -0.39 is 24.7 Å². The molecule has 4 heteroatoms. The largest absolute Gasteiger partial charge is 0.449 e. The van der Waals surface area contributed by atoms with Crippen molar-refractivity contribution in [2.75, 3.05) is 0 Å². The average molecular weight is 431 g/mol. The first-order valence-electron chi connectivity index (χ1n) is 11.0. The Morgan fingerprint density at radius 3 is 1.25 bits per heavy atom. The molecule has 156 valence electrons. The van der Waals surface area contributed by atoms with Gasteiger partial charge in [-0.05, 0) is 49.9 Å². The molecule has 0 aromatic carbocycles. The van der Waals surface area contributed by atoms with Crippen molar-refractivity contribution in [3.8, 4) is 0 Å². The molecule has 2 aliphatic carbocycles. The highest BCUT2D eigenvalue weighted by atomic mass is 28.4. The summed E-state index contributed by atoms with van der Waals surface area (Å²) < 4.78 is 7.23. The lowest BCUT2D eigenvalue weighted by molar-refractivity contribution is 0.491. The second kappa shape index (κ2) is 6.29. The maximum Gasteiger partial charge on any atom is 0.202 e. The lowest BCUT2D eigenvalue weighted by Gasteiger charge is -2.43. The van der Waals surface area contributed by atoms with Gasteiger partial charge in [0.05, 0.1) is 0 Å². The van der Waals surface area contributed by atoms with Gasteiger partial charge in [-0.15, -0.1) is 0 Å². The van der Waals surface area contributed by atoms with E-state index in [1.807, 2.05) is 0 Å². The highest BCUT2D eigenvalue weighted by Crippen LogP contribution is 2.52. The molecule has 3 aliphatic rings. The molecule has 0 atom stereocenters. The van der Waals surface area contributed by atoms with E-state index in [1.54, 1.807) is 31.9 Å². The standard InChI is InChI=1S/C24H42OSi3/c1-23(2,3)17-13-19-21(15-17)27(9,10)25-28(11,12)22-16-18(24(4,5)6)14-20(22)26(19,7)8/h13-14H,15-16H2,1-12H3. The summed E-state index contributed by atoms with van der Waals surface area (Å²) in [4.78, 5) is 0. The summed E-state index contributed by atoms with van der Waals surface area (Å²) >= 11 is 0. The van der Waals surface area contributed by atoms with Gasteiger partial charge in [0.1, 0.15) is 8.07 Å². The van der Waals surface area contributed by atoms with Crippen LogP contribution in [-0.4, -0.2) is 24.7 Å². The van der Waals surface area contributed by atoms with Gasteiger partial charge >= 0.3 is 0 Å². The second-order valence-corrected chi connectivity index (χ2v) is 25.1. The molecule has 1 heterocycles. The van der Waals surface area contributed by atoms with Crippen LogP contribution in [0.25, 0.3) is 0 Å². The third-order valence-electron chi connectivity index (χ3n) is 7.26. The number of hydrogen-bond donors (Lipinski definition) is 0. The zero-order chi connectivity index (χ0) is 21.5. The van der Waals surface area contributed by atoms with Gasteiger partial charge in [-0.1, -0.05) is 98.7 Å². The van der Waals surface area contributed by atoms with Crippen LogP contribution in [0.15, 0.2) is 44.1 Å². The fourth-order valence-corrected chi connectivity index (χ4v) is 20.7. The molecular formula is C24H42OSi3. The zero-order valence-corrected chi connectivity index (χ0v) is 23.5. The highest BCUT2D eigenvalue weighted by Gasteiger charge is 2.50. The number of allylic oxidation sites excluding steroid dienone is 8. The van der Waals surface area contributed by atoms with Crippen molar-refractivity contribution in [2.45, 2.75) is 93.7 Å². The summed E-state index contributed by atoms with van der Waals surface area (Å²) in [6, 6.07) is 0. The second-order valence-electron chi connectivity index (χ2n) is 12.7. The normalized spacial score (nSPS) is 26.4. The molecule has 0 radical (unpaired) electrons. The van der Waals surface area contributed by atoms with E-state index in [4.69, 9.17) is 4.12 Å². The third kappa shape index (κ3) is 3.59. The van der Waals surface area contributed by atoms with Gasteiger partial charge in [0, 0.05) is 0 Å². The number of hydrogen-bond acceptors (Lipinski definition) is 1. The van der Waals surface area contributed by atoms with Crippen molar-refractivity contribution in [1.29, 1.82) is 0 Å². The molecule has 0 fully saturated rings. The van der Waals surface area contributed by atoms with Crippen molar-refractivity contribution in [3.05, 3.63) is 44.1 Å². The van der Waals surface area contributed by atoms with Crippen molar-refractivity contribution < 1.29 is 4.12 Å². The Labute approximate surface area is 177 Å². The van der Waals surface area contributed by atoms with Crippen LogP contribution in [0, 0.1) is 10.8 Å². The first kappa shape index (κ1) is 22.3. The molecule has 0 spiro atoms. The van der Waals surface area contributed by atoms with E-state index in [2.05, 4.69) is 93.0 Å². The molecular weight excluding hydrogens is 389 g/mol. The van der Waals surface area contributed by atoms with Crippen molar-refractivity contribution >= 4 is 24.7 Å². The number of rotatable bonds is 0. The van der Waals surface area contributed by atoms with E-state index >= 15 is 0 Å². The molecule has 1 aliphatic heterocycles. The van der Waals surface area contributed by atoms with Gasteiger partial charge < -0.3 is 4.12 Å². The van der Waals surface area contributed by atoms with Gasteiger partial charge in [0.25, 0.3) is 0 Å². The van der Waals surface area contributed by atoms with E-state index in [0.29, 0.717) is 0 Å². The monoisotopic (exact) mass is 430 g/mol. The van der Waals surface area contributed by atoms with Crippen LogP contribution < -0.4 is 0 Å². The molecule has 0 saturated heterocycles. The van der Waals surface area contributed by atoms with E-state index in [1.165, 1.54) is 0 Å². The lowest BCUT2D eigenvalue weighted by atomic mass is 9.86. The first-order chi connectivity index (χ1) is 12.4. The minimum Gasteiger partial charge on any atom is -0.449 e. The molecule has 0 amide bonds. The first-order valence-corrected chi connectivity index (χ1v) is 19.8. The van der Waals surface area contributed by atoms with Crippen LogP contribution in [0.1, 0.15) is 54.4 Å². The minimum absolute atomic E-state index is 0.238. The molecule has 0 unspecified atom stereocenters. The predicted octanol–water partition coefficient (Wildman–Crippen LogP) is 7.64. The van der Waals surface area contributed by atoms with Gasteiger partial charge in [-0.25, -0.2) is 0 Å². The molecule has 0 N–H and O–H groups in total. The van der Waals surface area contributed by atoms with Crippen LogP contribution in [-0.2, 0) is 4.12 Å². The minimum atomic E-state index is -1.91. The molecule has 0 aromatic rings. The topological polar surface area (TPSA) is 9.23 Å². The summed E-state index contributed by atoms with van der Waals surface area (Å²) in [5.41, 5.74) is 3.71. The fourth-order valence-electron chi connectivity index (χ4n) is 5.26. The van der Waals surface area contributed by atoms with Crippen LogP contribution in [0.2, 0.25) is 39.3 Å². The summed E-state index contributed by atoms with van der Waals surface area (Å²) in [6.45, 7) is 29.4. The third-order valence-corrected chi connectivity index (χ3v) is 19.2. The Bertz CT molecular complexity index is 766. The SMILES string of the molecule is CC(C)(C)C1=CC2=C(C1)[Si](C)(C)O[Si](C)(C)C1=C(C=C(C(C)(C)C)C1)[Si]2(C)C. The van der Waals surface area contributed by atoms with E-state index in [9.17, 15) is 0 Å². The van der Waals surface area contributed by atoms with Crippen LogP contribution in [0.4, 0.5) is 0 Å². The molecule has 0 saturated carbocycles. The molecule has 3 rings (SSSR count). The van der Waals surface area contributed by atoms with Gasteiger partial charge in [0.2, 0.25) is 16.6 Å². The summed E-state index contributed by atoms with van der Waals surface area (Å²) in [6.07, 6.45) is 7.54. The Kier molecular flexibility index (Phi) is 5.00. The van der Waals surface area contributed by atoms with Crippen molar-refractivity contribution in [2.24, 2.45) is 10.8 Å². The van der Waals surface area contributed by atoms with E-state index in [-0.39, 0.29) is 10.8 Å². The molecule has 1 nitrogen and oxygen atoms in total. The summed E-state index contributed by atoms with van der Waals surface area (Å²) in [7, 11) is -5.57. The highest BCUT2D eigenvalue weighted by molar-refractivity contribution is 7.00. The van der Waals surface area contributed by atoms with Crippen LogP contribution in [0.5, 0.6) is 0 Å². The van der Waals surface area contributed by atoms with Gasteiger partial charge in [0.15, 0.2) is 0 Å². The smallest absolute Gasteiger partial charge is 0.202 e. The van der Waals surface area contributed by atoms with Crippen molar-refractivity contribution in [1.82, 2.24) is 0 Å². The maximum atomic E-state index is 7.23. The Morgan fingerprint density at radius 1 is 0.643 bits per heavy atom. The predicted molar refractivity (Wildman–Crippen MR) is 132 cm³/mol. The Balaban J connectivity index is 2.24. The van der Waals surface area contributed by atoms with Crippen molar-refractivity contribution in [3.63, 3.8) is 0 Å². The lowest BCUT2D eigenvalue weighted by Crippen LogP contribution is -2.52. The quantitative estimate of drug-likeness (QED) is 0.359. The molecule has 0 aromatic heterocycles. The van der Waals surface area contributed by atoms with Crippen LogP contribution >= 0.6 is 0 Å². The summed E-state index contributed by atoms with van der Waals surface area (Å²) in [5, 5.41) is 6.83.